The van der Waals surface area contributed by atoms with Crippen molar-refractivity contribution in [3.8, 4) is 0 Å². The molecule has 1 rings (SSSR count). The summed E-state index contributed by atoms with van der Waals surface area (Å²) < 4.78 is 3.95. The molecule has 0 heterocycles. The van der Waals surface area contributed by atoms with Crippen LogP contribution in [0.5, 0.6) is 0 Å². The minimum Gasteiger partial charge on any atom is -0.412 e. The predicted molar refractivity (Wildman–Crippen MR) is 59.4 cm³/mol. The van der Waals surface area contributed by atoms with Gasteiger partial charge in [0, 0.05) is 0 Å². The van der Waals surface area contributed by atoms with E-state index >= 15 is 0 Å². The van der Waals surface area contributed by atoms with E-state index in [-0.39, 0.29) is 11.0 Å². The quantitative estimate of drug-likeness (QED) is 0.731. The Labute approximate surface area is 94.0 Å². The Bertz CT molecular complexity index is 168. The molecule has 3 heteroatoms. The minimum atomic E-state index is -1.14. The van der Waals surface area contributed by atoms with Gasteiger partial charge in [-0.3, -0.25) is 0 Å². The Kier molecular flexibility index (Phi) is 9.12. The Hall–Kier alpha value is 0.348. The van der Waals surface area contributed by atoms with Crippen LogP contribution in [-0.2, 0) is 17.3 Å². The number of hydrogen-bond donors (Lipinski definition) is 0. The van der Waals surface area contributed by atoms with Crippen LogP contribution in [-0.4, -0.2) is 11.0 Å². The number of hydrogen-bond acceptors (Lipinski definition) is 0. The van der Waals surface area contributed by atoms with Crippen LogP contribution in [0.3, 0.4) is 0 Å². The summed E-state index contributed by atoms with van der Waals surface area (Å²) in [7, 11) is 0. The van der Waals surface area contributed by atoms with Crippen LogP contribution in [0.25, 0.3) is 0 Å². The first-order valence-electron chi connectivity index (χ1n) is 5.04. The Morgan fingerprint density at radius 2 is 1.57 bits per heavy atom. The van der Waals surface area contributed by atoms with Gasteiger partial charge in [-0.25, -0.2) is 0 Å². The fourth-order valence-electron chi connectivity index (χ4n) is 2.01. The van der Waals surface area contributed by atoms with Gasteiger partial charge in [-0.2, -0.15) is 0 Å². The van der Waals surface area contributed by atoms with Crippen LogP contribution >= 0.6 is 0 Å². The number of rotatable bonds is 3. The average Bonchev–Trinajstić information content (AvgIpc) is 2.37. The smallest absolute Gasteiger partial charge is 0.412 e. The summed E-state index contributed by atoms with van der Waals surface area (Å²) >= 11 is -1.14. The summed E-state index contributed by atoms with van der Waals surface area (Å²) in [5.74, 6) is 0. The summed E-state index contributed by atoms with van der Waals surface area (Å²) in [5, 5.41) is 0. The van der Waals surface area contributed by atoms with E-state index in [1.807, 2.05) is 3.96 Å². The minimum absolute atomic E-state index is 0. The third-order valence-electron chi connectivity index (χ3n) is 2.32. The van der Waals surface area contributed by atoms with Gasteiger partial charge in [0.1, 0.15) is 0 Å². The zero-order valence-corrected chi connectivity index (χ0v) is 12.7. The van der Waals surface area contributed by atoms with Crippen LogP contribution < -0.4 is 0 Å². The zero-order valence-electron chi connectivity index (χ0n) is 9.76. The molecule has 0 fully saturated rings. The summed E-state index contributed by atoms with van der Waals surface area (Å²) in [4.78, 5) is 0. The molecule has 0 aromatic heterocycles. The Morgan fingerprint density at radius 1 is 1.07 bits per heavy atom. The van der Waals surface area contributed by atoms with Crippen LogP contribution in [0.4, 0.5) is 0 Å². The van der Waals surface area contributed by atoms with Crippen molar-refractivity contribution in [2.45, 2.75) is 55.6 Å². The van der Waals surface area contributed by atoms with E-state index in [9.17, 15) is 0 Å². The zero-order chi connectivity index (χ0) is 9.14. The molecule has 0 atom stereocenters. The Morgan fingerprint density at radius 3 is 1.86 bits per heavy atom. The van der Waals surface area contributed by atoms with Crippen molar-refractivity contribution in [2.75, 3.05) is 0 Å². The van der Waals surface area contributed by atoms with E-state index in [0.717, 1.165) is 8.62 Å². The SMILES string of the molecule is C[CH](C)[W]([C]1=CCCC1)[CH](C)C.O.O. The first kappa shape index (κ1) is 16.8. The van der Waals surface area contributed by atoms with Crippen molar-refractivity contribution in [2.24, 2.45) is 0 Å². The Balaban J connectivity index is 0. The maximum atomic E-state index is 2.56. The van der Waals surface area contributed by atoms with Crippen molar-refractivity contribution in [3.05, 3.63) is 10.0 Å². The molecule has 0 aliphatic heterocycles. The monoisotopic (exact) mass is 373 g/mol. The molecule has 0 bridgehead atoms. The molecular weight excluding hydrogens is 348 g/mol. The molecule has 0 radical (unpaired) electrons. The van der Waals surface area contributed by atoms with Crippen LogP contribution in [0.2, 0.25) is 8.62 Å². The van der Waals surface area contributed by atoms with Gasteiger partial charge in [-0.1, -0.05) is 0 Å². The maximum absolute atomic E-state index is 2.56. The summed E-state index contributed by atoms with van der Waals surface area (Å²) in [6.07, 6.45) is 6.83. The largest absolute Gasteiger partial charge is 0.412 e. The van der Waals surface area contributed by atoms with Gasteiger partial charge in [-0.15, -0.1) is 0 Å². The van der Waals surface area contributed by atoms with Crippen molar-refractivity contribution >= 4 is 0 Å². The molecule has 0 aromatic carbocycles. The molecule has 0 amide bonds. The third-order valence-corrected chi connectivity index (χ3v) is 13.1. The second kappa shape index (κ2) is 7.62. The standard InChI is InChI=1S/C5H7.2C3H7.2H2O.W/c1-2-4-5-3-1;2*1-3-2;;;/h1H,2,4-5H2;2*3H,1-2H3;2*1H2;. The second-order valence-corrected chi connectivity index (χ2v) is 15.4. The van der Waals surface area contributed by atoms with Gasteiger partial charge >= 0.3 is 82.9 Å². The van der Waals surface area contributed by atoms with E-state index in [2.05, 4.69) is 33.8 Å². The van der Waals surface area contributed by atoms with Gasteiger partial charge < -0.3 is 11.0 Å². The fourth-order valence-corrected chi connectivity index (χ4v) is 12.7. The second-order valence-electron chi connectivity index (χ2n) is 4.03. The molecule has 0 aromatic rings. The number of allylic oxidation sites excluding steroid dienone is 2. The van der Waals surface area contributed by atoms with Crippen LogP contribution in [0, 0.1) is 0 Å². The molecule has 1 aliphatic rings. The molecule has 14 heavy (non-hydrogen) atoms. The van der Waals surface area contributed by atoms with Crippen molar-refractivity contribution < 1.29 is 28.3 Å². The van der Waals surface area contributed by atoms with Gasteiger partial charge in [0.05, 0.1) is 0 Å². The van der Waals surface area contributed by atoms with Crippen LogP contribution in [0.15, 0.2) is 10.0 Å². The predicted octanol–water partition coefficient (Wildman–Crippen LogP) is 2.68. The normalized spacial score (nSPS) is 15.5. The maximum Gasteiger partial charge on any atom is -0.412 e. The van der Waals surface area contributed by atoms with Crippen molar-refractivity contribution in [1.82, 2.24) is 0 Å². The molecule has 0 unspecified atom stereocenters. The van der Waals surface area contributed by atoms with Gasteiger partial charge in [0.2, 0.25) is 0 Å². The van der Waals surface area contributed by atoms with Gasteiger partial charge in [0.15, 0.2) is 0 Å². The molecule has 2 nitrogen and oxygen atoms in total. The molecule has 0 saturated carbocycles. The molecular formula is C11H25O2W. The van der Waals surface area contributed by atoms with Gasteiger partial charge in [-0.05, 0) is 0 Å². The average molecular weight is 373 g/mol. The summed E-state index contributed by atoms with van der Waals surface area (Å²) in [6.45, 7) is 9.75. The molecule has 0 saturated heterocycles. The van der Waals surface area contributed by atoms with Crippen molar-refractivity contribution in [3.63, 3.8) is 0 Å². The third kappa shape index (κ3) is 4.25. The van der Waals surface area contributed by atoms with E-state index in [1.165, 1.54) is 19.3 Å². The fraction of sp³-hybridized carbons (Fsp3) is 0.818. The van der Waals surface area contributed by atoms with E-state index < -0.39 is 17.3 Å². The van der Waals surface area contributed by atoms with Crippen molar-refractivity contribution in [1.29, 1.82) is 0 Å². The first-order chi connectivity index (χ1) is 5.63. The van der Waals surface area contributed by atoms with E-state index in [4.69, 9.17) is 0 Å². The van der Waals surface area contributed by atoms with E-state index in [0.29, 0.717) is 0 Å². The summed E-state index contributed by atoms with van der Waals surface area (Å²) in [5.41, 5.74) is 0. The van der Waals surface area contributed by atoms with Gasteiger partial charge in [0.25, 0.3) is 0 Å². The van der Waals surface area contributed by atoms with E-state index in [1.54, 1.807) is 0 Å². The molecule has 4 N–H and O–H groups in total. The topological polar surface area (TPSA) is 63.0 Å². The molecule has 87 valence electrons. The molecule has 1 aliphatic carbocycles. The molecule has 0 spiro atoms. The van der Waals surface area contributed by atoms with Crippen LogP contribution in [0.1, 0.15) is 47.0 Å². The first-order valence-corrected chi connectivity index (χ1v) is 9.89. The summed E-state index contributed by atoms with van der Waals surface area (Å²) in [6, 6.07) is 0.